The highest BCUT2D eigenvalue weighted by molar-refractivity contribution is 7.11. The van der Waals surface area contributed by atoms with Crippen LogP contribution < -0.4 is 0 Å². The third-order valence-electron chi connectivity index (χ3n) is 1.64. The minimum absolute atomic E-state index is 1.28. The van der Waals surface area contributed by atoms with Crippen LogP contribution in [0.1, 0.15) is 17.7 Å². The van der Waals surface area contributed by atoms with Crippen molar-refractivity contribution in [1.82, 2.24) is 0 Å². The van der Waals surface area contributed by atoms with Gasteiger partial charge in [-0.2, -0.15) is 0 Å². The minimum atomic E-state index is 1.28. The fraction of sp³-hybridized carbons (Fsp3) is 0.250. The molecule has 0 bridgehead atoms. The molecule has 1 aliphatic rings. The lowest BCUT2D eigenvalue weighted by atomic mass is 9.98. The Labute approximate surface area is 58.8 Å². The van der Waals surface area contributed by atoms with Gasteiger partial charge in [-0.1, -0.05) is 12.1 Å². The van der Waals surface area contributed by atoms with Crippen LogP contribution >= 0.6 is 11.3 Å². The third-order valence-corrected chi connectivity index (χ3v) is 2.59. The fourth-order valence-electron chi connectivity index (χ4n) is 0.974. The summed E-state index contributed by atoms with van der Waals surface area (Å²) in [6.45, 7) is 0. The molecule has 0 saturated heterocycles. The second-order valence-corrected chi connectivity index (χ2v) is 3.19. The summed E-state index contributed by atoms with van der Waals surface area (Å²) in [6, 6.07) is 4.30. The van der Waals surface area contributed by atoms with Crippen LogP contribution in [0.3, 0.4) is 0 Å². The molecule has 0 aromatic carbocycles. The van der Waals surface area contributed by atoms with Crippen LogP contribution in [0.2, 0.25) is 0 Å². The summed E-state index contributed by atoms with van der Waals surface area (Å²) in [5, 5.41) is 2.13. The third kappa shape index (κ3) is 0.815. The van der Waals surface area contributed by atoms with Crippen LogP contribution in [0.4, 0.5) is 0 Å². The van der Waals surface area contributed by atoms with Gasteiger partial charge in [0, 0.05) is 4.88 Å². The van der Waals surface area contributed by atoms with E-state index >= 15 is 0 Å². The Bertz CT molecular complexity index is 219. The summed E-state index contributed by atoms with van der Waals surface area (Å²) in [5.74, 6) is 0. The van der Waals surface area contributed by atoms with Gasteiger partial charge in [0.2, 0.25) is 0 Å². The molecule has 9 heavy (non-hydrogen) atoms. The van der Waals surface area contributed by atoms with Crippen molar-refractivity contribution >= 4 is 16.9 Å². The van der Waals surface area contributed by atoms with Crippen LogP contribution in [0, 0.1) is 0 Å². The number of rotatable bonds is 1. The Morgan fingerprint density at radius 2 is 2.33 bits per heavy atom. The van der Waals surface area contributed by atoms with Crippen LogP contribution in [-0.2, 0) is 0 Å². The number of thiophene rings is 1. The average Bonchev–Trinajstić information content (AvgIpc) is 2.11. The molecule has 0 fully saturated rings. The van der Waals surface area contributed by atoms with E-state index in [1.54, 1.807) is 5.57 Å². The van der Waals surface area contributed by atoms with Gasteiger partial charge in [0.25, 0.3) is 0 Å². The van der Waals surface area contributed by atoms with Crippen molar-refractivity contribution in [3.8, 4) is 0 Å². The molecule has 0 N–H and O–H groups in total. The number of hydrogen-bond acceptors (Lipinski definition) is 1. The minimum Gasteiger partial charge on any atom is -0.144 e. The first-order chi connectivity index (χ1) is 4.47. The summed E-state index contributed by atoms with van der Waals surface area (Å²) in [6.07, 6.45) is 4.89. The molecule has 0 spiro atoms. The largest absolute Gasteiger partial charge is 0.144 e. The maximum absolute atomic E-state index is 2.31. The highest BCUT2D eigenvalue weighted by Gasteiger charge is 2.07. The maximum Gasteiger partial charge on any atom is 0.0299 e. The van der Waals surface area contributed by atoms with Gasteiger partial charge in [-0.15, -0.1) is 11.3 Å². The Balaban J connectivity index is 2.34. The van der Waals surface area contributed by atoms with Crippen molar-refractivity contribution in [1.29, 1.82) is 0 Å². The topological polar surface area (TPSA) is 0 Å². The zero-order chi connectivity index (χ0) is 6.10. The summed E-state index contributed by atoms with van der Waals surface area (Å²) in [4.78, 5) is 1.46. The van der Waals surface area contributed by atoms with Gasteiger partial charge < -0.3 is 0 Å². The van der Waals surface area contributed by atoms with Crippen molar-refractivity contribution in [3.05, 3.63) is 28.5 Å². The SMILES string of the molecule is C1=C(c2cccs2)CC1. The van der Waals surface area contributed by atoms with E-state index in [-0.39, 0.29) is 0 Å². The predicted octanol–water partition coefficient (Wildman–Crippen LogP) is 2.93. The molecule has 0 radical (unpaired) electrons. The Morgan fingerprint density at radius 1 is 1.44 bits per heavy atom. The molecule has 0 amide bonds. The Hall–Kier alpha value is -0.560. The van der Waals surface area contributed by atoms with Gasteiger partial charge >= 0.3 is 0 Å². The molecule has 1 aliphatic carbocycles. The summed E-state index contributed by atoms with van der Waals surface area (Å²) in [7, 11) is 0. The van der Waals surface area contributed by atoms with E-state index in [2.05, 4.69) is 23.6 Å². The van der Waals surface area contributed by atoms with Crippen molar-refractivity contribution < 1.29 is 0 Å². The van der Waals surface area contributed by atoms with E-state index < -0.39 is 0 Å². The second kappa shape index (κ2) is 1.99. The molecule has 1 aromatic rings. The van der Waals surface area contributed by atoms with E-state index in [4.69, 9.17) is 0 Å². The first-order valence-electron chi connectivity index (χ1n) is 3.20. The van der Waals surface area contributed by atoms with Crippen LogP contribution in [-0.4, -0.2) is 0 Å². The van der Waals surface area contributed by atoms with E-state index in [1.165, 1.54) is 17.7 Å². The van der Waals surface area contributed by atoms with E-state index in [0.29, 0.717) is 0 Å². The first kappa shape index (κ1) is 5.24. The number of allylic oxidation sites excluding steroid dienone is 2. The zero-order valence-corrected chi connectivity index (χ0v) is 5.95. The van der Waals surface area contributed by atoms with Crippen molar-refractivity contribution in [2.45, 2.75) is 12.8 Å². The molecule has 0 aliphatic heterocycles. The molecule has 2 rings (SSSR count). The lowest BCUT2D eigenvalue weighted by Gasteiger charge is -2.10. The smallest absolute Gasteiger partial charge is 0.0299 e. The zero-order valence-electron chi connectivity index (χ0n) is 5.13. The lowest BCUT2D eigenvalue weighted by molar-refractivity contribution is 0.994. The Kier molecular flexibility index (Phi) is 1.16. The molecule has 0 nitrogen and oxygen atoms in total. The highest BCUT2D eigenvalue weighted by Crippen LogP contribution is 2.31. The van der Waals surface area contributed by atoms with Crippen molar-refractivity contribution in [2.24, 2.45) is 0 Å². The standard InChI is InChI=1S/C8H8S/c1-3-7(4-1)8-5-2-6-9-8/h2-3,5-6H,1,4H2. The average molecular weight is 136 g/mol. The molecule has 1 aromatic heterocycles. The van der Waals surface area contributed by atoms with Crippen LogP contribution in [0.5, 0.6) is 0 Å². The molecule has 1 heteroatoms. The van der Waals surface area contributed by atoms with Crippen molar-refractivity contribution in [3.63, 3.8) is 0 Å². The van der Waals surface area contributed by atoms with E-state index in [1.807, 2.05) is 11.3 Å². The van der Waals surface area contributed by atoms with Gasteiger partial charge in [-0.25, -0.2) is 0 Å². The molecular weight excluding hydrogens is 128 g/mol. The predicted molar refractivity (Wildman–Crippen MR) is 41.5 cm³/mol. The van der Waals surface area contributed by atoms with Gasteiger partial charge in [-0.3, -0.25) is 0 Å². The quantitative estimate of drug-likeness (QED) is 0.557. The maximum atomic E-state index is 2.31. The van der Waals surface area contributed by atoms with E-state index in [9.17, 15) is 0 Å². The molecule has 1 heterocycles. The van der Waals surface area contributed by atoms with Gasteiger partial charge in [0.1, 0.15) is 0 Å². The fourth-order valence-corrected chi connectivity index (χ4v) is 1.77. The van der Waals surface area contributed by atoms with Crippen molar-refractivity contribution in [2.75, 3.05) is 0 Å². The lowest BCUT2D eigenvalue weighted by Crippen LogP contribution is -1.88. The summed E-state index contributed by atoms with van der Waals surface area (Å²) in [5.41, 5.74) is 1.55. The molecule has 46 valence electrons. The molecule has 0 saturated carbocycles. The van der Waals surface area contributed by atoms with E-state index in [0.717, 1.165) is 0 Å². The molecular formula is C8H8S. The van der Waals surface area contributed by atoms with Gasteiger partial charge in [0.15, 0.2) is 0 Å². The van der Waals surface area contributed by atoms with Crippen LogP contribution in [0.25, 0.3) is 5.57 Å². The molecule has 0 unspecified atom stereocenters. The van der Waals surface area contributed by atoms with Crippen LogP contribution in [0.15, 0.2) is 23.6 Å². The van der Waals surface area contributed by atoms with Gasteiger partial charge in [0.05, 0.1) is 0 Å². The monoisotopic (exact) mass is 136 g/mol. The van der Waals surface area contributed by atoms with Gasteiger partial charge in [-0.05, 0) is 29.9 Å². The normalized spacial score (nSPS) is 16.7. The highest BCUT2D eigenvalue weighted by atomic mass is 32.1. The summed E-state index contributed by atoms with van der Waals surface area (Å²) >= 11 is 1.84. The summed E-state index contributed by atoms with van der Waals surface area (Å²) < 4.78 is 0. The first-order valence-corrected chi connectivity index (χ1v) is 4.08. The molecule has 0 atom stereocenters. The Morgan fingerprint density at radius 3 is 2.78 bits per heavy atom. The second-order valence-electron chi connectivity index (χ2n) is 2.25. The number of hydrogen-bond donors (Lipinski definition) is 0.